The molecule has 0 bridgehead atoms. The standard InChI is InChI=1S/C19H15IN2O/c1-2-11-22(13-15-8-3-5-9-16(15)20)19(23)18-12-14-7-4-6-10-17(14)21-18/h1,3-10,12,21H,11,13H2. The third-order valence-electron chi connectivity index (χ3n) is 3.65. The van der Waals surface area contributed by atoms with Crippen LogP contribution in [0.15, 0.2) is 54.6 Å². The van der Waals surface area contributed by atoms with E-state index in [1.54, 1.807) is 4.90 Å². The first-order chi connectivity index (χ1) is 11.2. The van der Waals surface area contributed by atoms with E-state index in [1.165, 1.54) is 0 Å². The van der Waals surface area contributed by atoms with E-state index in [9.17, 15) is 4.79 Å². The van der Waals surface area contributed by atoms with E-state index in [0.29, 0.717) is 12.2 Å². The van der Waals surface area contributed by atoms with E-state index in [0.717, 1.165) is 20.0 Å². The van der Waals surface area contributed by atoms with Crippen molar-refractivity contribution in [2.75, 3.05) is 6.54 Å². The van der Waals surface area contributed by atoms with Gasteiger partial charge in [-0.25, -0.2) is 0 Å². The number of carbonyl (C=O) groups is 1. The summed E-state index contributed by atoms with van der Waals surface area (Å²) in [4.78, 5) is 17.7. The molecule has 4 heteroatoms. The first kappa shape index (κ1) is 15.6. The summed E-state index contributed by atoms with van der Waals surface area (Å²) in [5.41, 5.74) is 2.60. The van der Waals surface area contributed by atoms with Crippen LogP contribution in [0.1, 0.15) is 16.1 Å². The van der Waals surface area contributed by atoms with Gasteiger partial charge in [-0.05, 0) is 46.4 Å². The molecule has 3 aromatic rings. The van der Waals surface area contributed by atoms with Crippen LogP contribution in [0.5, 0.6) is 0 Å². The minimum atomic E-state index is -0.0844. The molecule has 1 N–H and O–H groups in total. The lowest BCUT2D eigenvalue weighted by molar-refractivity contribution is 0.0760. The van der Waals surface area contributed by atoms with Crippen LogP contribution < -0.4 is 0 Å². The molecule has 1 amide bonds. The van der Waals surface area contributed by atoms with Gasteiger partial charge < -0.3 is 9.88 Å². The Hall–Kier alpha value is -2.26. The molecule has 0 atom stereocenters. The number of halogens is 1. The monoisotopic (exact) mass is 414 g/mol. The van der Waals surface area contributed by atoms with Crippen molar-refractivity contribution in [1.29, 1.82) is 0 Å². The van der Waals surface area contributed by atoms with Gasteiger partial charge in [-0.15, -0.1) is 6.42 Å². The minimum Gasteiger partial charge on any atom is -0.351 e. The summed E-state index contributed by atoms with van der Waals surface area (Å²) in [6, 6.07) is 17.7. The van der Waals surface area contributed by atoms with Crippen molar-refractivity contribution in [3.05, 3.63) is 69.4 Å². The molecule has 0 fully saturated rings. The van der Waals surface area contributed by atoms with E-state index in [4.69, 9.17) is 6.42 Å². The minimum absolute atomic E-state index is 0.0844. The fraction of sp³-hybridized carbons (Fsp3) is 0.105. The smallest absolute Gasteiger partial charge is 0.271 e. The van der Waals surface area contributed by atoms with Gasteiger partial charge in [0, 0.05) is 21.0 Å². The molecule has 23 heavy (non-hydrogen) atoms. The maximum absolute atomic E-state index is 12.8. The van der Waals surface area contributed by atoms with Crippen molar-refractivity contribution in [1.82, 2.24) is 9.88 Å². The summed E-state index contributed by atoms with van der Waals surface area (Å²) < 4.78 is 1.12. The number of H-pyrrole nitrogens is 1. The lowest BCUT2D eigenvalue weighted by atomic mass is 10.2. The van der Waals surface area contributed by atoms with E-state index >= 15 is 0 Å². The van der Waals surface area contributed by atoms with Gasteiger partial charge in [0.05, 0.1) is 6.54 Å². The number of rotatable bonds is 4. The highest BCUT2D eigenvalue weighted by Gasteiger charge is 2.18. The highest BCUT2D eigenvalue weighted by atomic mass is 127. The number of aromatic nitrogens is 1. The number of para-hydroxylation sites is 1. The Kier molecular flexibility index (Phi) is 4.68. The fourth-order valence-electron chi connectivity index (χ4n) is 2.50. The molecule has 0 spiro atoms. The van der Waals surface area contributed by atoms with Gasteiger partial charge in [-0.1, -0.05) is 42.3 Å². The molecule has 114 valence electrons. The summed E-state index contributed by atoms with van der Waals surface area (Å²) in [7, 11) is 0. The van der Waals surface area contributed by atoms with Crippen LogP contribution >= 0.6 is 22.6 Å². The van der Waals surface area contributed by atoms with Crippen LogP contribution in [0.2, 0.25) is 0 Å². The molecule has 0 radical (unpaired) electrons. The van der Waals surface area contributed by atoms with Crippen molar-refractivity contribution in [2.45, 2.75) is 6.54 Å². The Morgan fingerprint density at radius 3 is 2.65 bits per heavy atom. The second-order valence-corrected chi connectivity index (χ2v) is 6.39. The largest absolute Gasteiger partial charge is 0.351 e. The van der Waals surface area contributed by atoms with Crippen LogP contribution in [-0.2, 0) is 6.54 Å². The second-order valence-electron chi connectivity index (χ2n) is 5.23. The summed E-state index contributed by atoms with van der Waals surface area (Å²) >= 11 is 2.27. The van der Waals surface area contributed by atoms with Crippen LogP contribution in [0.4, 0.5) is 0 Å². The van der Waals surface area contributed by atoms with Crippen molar-refractivity contribution in [3.63, 3.8) is 0 Å². The van der Waals surface area contributed by atoms with Crippen molar-refractivity contribution in [2.24, 2.45) is 0 Å². The first-order valence-electron chi connectivity index (χ1n) is 7.23. The topological polar surface area (TPSA) is 36.1 Å². The number of nitrogens with one attached hydrogen (secondary N) is 1. The number of carbonyl (C=O) groups excluding carboxylic acids is 1. The van der Waals surface area contributed by atoms with Gasteiger partial charge in [0.2, 0.25) is 0 Å². The van der Waals surface area contributed by atoms with E-state index in [-0.39, 0.29) is 12.5 Å². The number of hydrogen-bond donors (Lipinski definition) is 1. The zero-order chi connectivity index (χ0) is 16.2. The molecular formula is C19H15IN2O. The predicted molar refractivity (Wildman–Crippen MR) is 101 cm³/mol. The molecule has 0 saturated heterocycles. The molecule has 0 aliphatic rings. The second kappa shape index (κ2) is 6.88. The Morgan fingerprint density at radius 1 is 1.17 bits per heavy atom. The van der Waals surface area contributed by atoms with Crippen LogP contribution in [0.25, 0.3) is 10.9 Å². The molecule has 3 rings (SSSR count). The fourth-order valence-corrected chi connectivity index (χ4v) is 3.06. The molecule has 1 heterocycles. The number of terminal acetylenes is 1. The Bertz CT molecular complexity index is 859. The molecule has 0 aliphatic carbocycles. The summed E-state index contributed by atoms with van der Waals surface area (Å²) in [5.74, 6) is 2.50. The molecule has 0 aliphatic heterocycles. The number of nitrogens with zero attached hydrogens (tertiary/aromatic N) is 1. The summed E-state index contributed by atoms with van der Waals surface area (Å²) in [6.07, 6.45) is 5.46. The number of fused-ring (bicyclic) bond motifs is 1. The van der Waals surface area contributed by atoms with Crippen LogP contribution in [-0.4, -0.2) is 22.3 Å². The van der Waals surface area contributed by atoms with Crippen LogP contribution in [0, 0.1) is 15.9 Å². The molecule has 2 aromatic carbocycles. The van der Waals surface area contributed by atoms with Crippen LogP contribution in [0.3, 0.4) is 0 Å². The lowest BCUT2D eigenvalue weighted by Crippen LogP contribution is -2.31. The summed E-state index contributed by atoms with van der Waals surface area (Å²) in [6.45, 7) is 0.774. The number of benzene rings is 2. The third kappa shape index (κ3) is 3.40. The lowest BCUT2D eigenvalue weighted by Gasteiger charge is -2.20. The summed E-state index contributed by atoms with van der Waals surface area (Å²) in [5, 5.41) is 1.02. The van der Waals surface area contributed by atoms with Crippen molar-refractivity contribution >= 4 is 39.4 Å². The zero-order valence-corrected chi connectivity index (χ0v) is 14.6. The first-order valence-corrected chi connectivity index (χ1v) is 8.31. The molecule has 0 saturated carbocycles. The average molecular weight is 414 g/mol. The quantitative estimate of drug-likeness (QED) is 0.508. The molecule has 3 nitrogen and oxygen atoms in total. The normalized spacial score (nSPS) is 10.4. The molecule has 1 aromatic heterocycles. The maximum Gasteiger partial charge on any atom is 0.271 e. The average Bonchev–Trinajstić information content (AvgIpc) is 3.00. The van der Waals surface area contributed by atoms with Gasteiger partial charge in [0.25, 0.3) is 5.91 Å². The van der Waals surface area contributed by atoms with E-state index < -0.39 is 0 Å². The van der Waals surface area contributed by atoms with E-state index in [1.807, 2.05) is 54.6 Å². The van der Waals surface area contributed by atoms with Gasteiger partial charge in [0.1, 0.15) is 5.69 Å². The van der Waals surface area contributed by atoms with E-state index in [2.05, 4.69) is 33.5 Å². The maximum atomic E-state index is 12.8. The molecular weight excluding hydrogens is 399 g/mol. The van der Waals surface area contributed by atoms with Gasteiger partial charge in [-0.2, -0.15) is 0 Å². The molecule has 0 unspecified atom stereocenters. The SMILES string of the molecule is C#CCN(Cc1ccccc1I)C(=O)c1cc2ccccc2[nH]1. The van der Waals surface area contributed by atoms with Crippen molar-refractivity contribution < 1.29 is 4.79 Å². The Morgan fingerprint density at radius 2 is 1.91 bits per heavy atom. The van der Waals surface area contributed by atoms with Gasteiger partial charge >= 0.3 is 0 Å². The third-order valence-corrected chi connectivity index (χ3v) is 4.70. The van der Waals surface area contributed by atoms with Gasteiger partial charge in [-0.3, -0.25) is 4.79 Å². The zero-order valence-electron chi connectivity index (χ0n) is 12.4. The highest BCUT2D eigenvalue weighted by Crippen LogP contribution is 2.18. The predicted octanol–water partition coefficient (Wildman–Crippen LogP) is 4.05. The Labute approximate surface area is 148 Å². The number of aromatic amines is 1. The highest BCUT2D eigenvalue weighted by molar-refractivity contribution is 14.1. The number of hydrogen-bond acceptors (Lipinski definition) is 1. The Balaban J connectivity index is 1.89. The van der Waals surface area contributed by atoms with Crippen molar-refractivity contribution in [3.8, 4) is 12.3 Å². The van der Waals surface area contributed by atoms with Gasteiger partial charge in [0.15, 0.2) is 0 Å². The number of amides is 1.